The zero-order valence-electron chi connectivity index (χ0n) is 11.4. The first-order valence-electron chi connectivity index (χ1n) is 6.75. The summed E-state index contributed by atoms with van der Waals surface area (Å²) >= 11 is 0. The number of urea groups is 1. The molecule has 2 N–H and O–H groups in total. The molecule has 21 heavy (non-hydrogen) atoms. The van der Waals surface area contributed by atoms with Crippen molar-refractivity contribution in [3.05, 3.63) is 71.9 Å². The summed E-state index contributed by atoms with van der Waals surface area (Å²) in [5.41, 5.74) is 3.02. The van der Waals surface area contributed by atoms with Crippen LogP contribution >= 0.6 is 0 Å². The van der Waals surface area contributed by atoms with Crippen molar-refractivity contribution in [2.75, 3.05) is 5.32 Å². The second kappa shape index (κ2) is 6.05. The molecule has 3 rings (SSSR count). The van der Waals surface area contributed by atoms with E-state index in [0.29, 0.717) is 12.3 Å². The number of aliphatic imine (C=N–C) groups is 1. The van der Waals surface area contributed by atoms with Crippen LogP contribution in [0.15, 0.2) is 65.8 Å². The fourth-order valence-electron chi connectivity index (χ4n) is 2.18. The van der Waals surface area contributed by atoms with Crippen LogP contribution in [0.1, 0.15) is 11.1 Å². The maximum absolute atomic E-state index is 12.0. The van der Waals surface area contributed by atoms with Gasteiger partial charge in [0.15, 0.2) is 0 Å². The lowest BCUT2D eigenvalue weighted by molar-refractivity contribution is 0.256. The number of rotatable bonds is 1. The summed E-state index contributed by atoms with van der Waals surface area (Å²) in [6.45, 7) is 0. The van der Waals surface area contributed by atoms with E-state index in [0.717, 1.165) is 16.8 Å². The average molecular weight is 277 g/mol. The summed E-state index contributed by atoms with van der Waals surface area (Å²) in [6.07, 6.45) is 4.26. The molecule has 0 saturated heterocycles. The Morgan fingerprint density at radius 3 is 2.57 bits per heavy atom. The summed E-state index contributed by atoms with van der Waals surface area (Å²) in [4.78, 5) is 16.3. The van der Waals surface area contributed by atoms with Gasteiger partial charge in [-0.25, -0.2) is 9.79 Å². The predicted molar refractivity (Wildman–Crippen MR) is 85.2 cm³/mol. The molecule has 0 bridgehead atoms. The van der Waals surface area contributed by atoms with Crippen LogP contribution < -0.4 is 10.6 Å². The first-order chi connectivity index (χ1) is 10.3. The van der Waals surface area contributed by atoms with Crippen molar-refractivity contribution in [3.8, 4) is 0 Å². The second-order valence-electron chi connectivity index (χ2n) is 4.71. The largest absolute Gasteiger partial charge is 0.324 e. The second-order valence-corrected chi connectivity index (χ2v) is 4.71. The maximum atomic E-state index is 12.0. The molecular formula is C17H15N3O. The van der Waals surface area contributed by atoms with Gasteiger partial charge < -0.3 is 5.32 Å². The number of anilines is 1. The van der Waals surface area contributed by atoms with E-state index < -0.39 is 0 Å². The predicted octanol–water partition coefficient (Wildman–Crippen LogP) is 3.43. The lowest BCUT2D eigenvalue weighted by Gasteiger charge is -2.10. The minimum absolute atomic E-state index is 0.285. The highest BCUT2D eigenvalue weighted by Crippen LogP contribution is 2.14. The third-order valence-electron chi connectivity index (χ3n) is 3.19. The standard InChI is InChI=1S/C17H15N3O/c21-17(19-15-8-2-1-3-9-15)20-16-12-14-7-5-4-6-13(14)10-11-18-16/h1-11H,12H2,(H2,18,19,20,21). The molecule has 0 spiro atoms. The Kier molecular flexibility index (Phi) is 3.78. The smallest absolute Gasteiger partial charge is 0.308 e. The SMILES string of the molecule is O=C(NC1=NC=Cc2ccccc2C1)Nc1ccccc1. The fraction of sp³-hybridized carbons (Fsp3) is 0.0588. The number of fused-ring (bicyclic) bond motifs is 1. The molecule has 0 aromatic heterocycles. The van der Waals surface area contributed by atoms with Crippen molar-refractivity contribution in [1.29, 1.82) is 0 Å². The Bertz CT molecular complexity index is 705. The van der Waals surface area contributed by atoms with E-state index in [1.165, 1.54) is 0 Å². The Hall–Kier alpha value is -2.88. The number of para-hydroxylation sites is 1. The lowest BCUT2D eigenvalue weighted by atomic mass is 10.0. The number of carbonyl (C=O) groups excluding carboxylic acids is 1. The molecule has 1 heterocycles. The van der Waals surface area contributed by atoms with Gasteiger partial charge in [0.25, 0.3) is 0 Å². The quantitative estimate of drug-likeness (QED) is 0.824. The Labute approximate surface area is 123 Å². The fourth-order valence-corrected chi connectivity index (χ4v) is 2.18. The van der Waals surface area contributed by atoms with Gasteiger partial charge in [0.2, 0.25) is 0 Å². The first kappa shape index (κ1) is 13.1. The molecule has 1 aliphatic heterocycles. The summed E-state index contributed by atoms with van der Waals surface area (Å²) in [5, 5.41) is 5.58. The minimum Gasteiger partial charge on any atom is -0.308 e. The van der Waals surface area contributed by atoms with Gasteiger partial charge in [-0.1, -0.05) is 42.5 Å². The molecule has 1 aliphatic rings. The monoisotopic (exact) mass is 277 g/mol. The number of amides is 2. The molecule has 4 heteroatoms. The van der Waals surface area contributed by atoms with Gasteiger partial charge in [-0.3, -0.25) is 5.32 Å². The van der Waals surface area contributed by atoms with E-state index in [9.17, 15) is 4.79 Å². The van der Waals surface area contributed by atoms with Crippen molar-refractivity contribution in [3.63, 3.8) is 0 Å². The summed E-state index contributed by atoms with van der Waals surface area (Å²) in [5.74, 6) is 0.629. The van der Waals surface area contributed by atoms with Crippen LogP contribution in [0.25, 0.3) is 6.08 Å². The number of hydrogen-bond acceptors (Lipinski definition) is 2. The third-order valence-corrected chi connectivity index (χ3v) is 3.19. The Morgan fingerprint density at radius 1 is 0.952 bits per heavy atom. The zero-order valence-corrected chi connectivity index (χ0v) is 11.4. The van der Waals surface area contributed by atoms with E-state index >= 15 is 0 Å². The molecule has 2 aromatic carbocycles. The lowest BCUT2D eigenvalue weighted by Crippen LogP contribution is -2.35. The number of nitrogens with one attached hydrogen (secondary N) is 2. The van der Waals surface area contributed by atoms with Gasteiger partial charge in [-0.15, -0.1) is 0 Å². The molecule has 0 fully saturated rings. The van der Waals surface area contributed by atoms with Gasteiger partial charge in [0.1, 0.15) is 5.84 Å². The zero-order chi connectivity index (χ0) is 14.5. The summed E-state index contributed by atoms with van der Waals surface area (Å²) in [6, 6.07) is 17.1. The first-order valence-corrected chi connectivity index (χ1v) is 6.75. The maximum Gasteiger partial charge on any atom is 0.324 e. The molecule has 0 unspecified atom stereocenters. The highest BCUT2D eigenvalue weighted by atomic mass is 16.2. The van der Waals surface area contributed by atoms with Crippen LogP contribution in [0.4, 0.5) is 10.5 Å². The van der Waals surface area contributed by atoms with E-state index in [-0.39, 0.29) is 6.03 Å². The van der Waals surface area contributed by atoms with E-state index in [4.69, 9.17) is 0 Å². The summed E-state index contributed by atoms with van der Waals surface area (Å²) < 4.78 is 0. The number of benzene rings is 2. The van der Waals surface area contributed by atoms with Crippen molar-refractivity contribution in [1.82, 2.24) is 5.32 Å². The van der Waals surface area contributed by atoms with Crippen LogP contribution in [0.3, 0.4) is 0 Å². The van der Waals surface area contributed by atoms with Gasteiger partial charge in [0.05, 0.1) is 0 Å². The minimum atomic E-state index is -0.285. The van der Waals surface area contributed by atoms with Gasteiger partial charge >= 0.3 is 6.03 Å². The van der Waals surface area contributed by atoms with Crippen LogP contribution in [0, 0.1) is 0 Å². The molecule has 2 amide bonds. The van der Waals surface area contributed by atoms with Gasteiger partial charge in [0, 0.05) is 18.3 Å². The summed E-state index contributed by atoms with van der Waals surface area (Å²) in [7, 11) is 0. The van der Waals surface area contributed by atoms with Crippen molar-refractivity contribution in [2.24, 2.45) is 4.99 Å². The molecule has 104 valence electrons. The van der Waals surface area contributed by atoms with Crippen LogP contribution in [-0.4, -0.2) is 11.9 Å². The average Bonchev–Trinajstić information content (AvgIpc) is 2.69. The van der Waals surface area contributed by atoms with Crippen molar-refractivity contribution in [2.45, 2.75) is 6.42 Å². The number of amidine groups is 1. The topological polar surface area (TPSA) is 53.5 Å². The van der Waals surface area contributed by atoms with E-state index in [1.54, 1.807) is 6.20 Å². The number of carbonyl (C=O) groups is 1. The normalized spacial score (nSPS) is 12.9. The molecule has 0 aliphatic carbocycles. The molecule has 2 aromatic rings. The van der Waals surface area contributed by atoms with Gasteiger partial charge in [-0.05, 0) is 29.3 Å². The van der Waals surface area contributed by atoms with Crippen molar-refractivity contribution < 1.29 is 4.79 Å². The third kappa shape index (κ3) is 3.36. The van der Waals surface area contributed by atoms with Gasteiger partial charge in [-0.2, -0.15) is 0 Å². The van der Waals surface area contributed by atoms with Crippen LogP contribution in [-0.2, 0) is 6.42 Å². The Morgan fingerprint density at radius 2 is 1.71 bits per heavy atom. The molecule has 0 radical (unpaired) electrons. The molecular weight excluding hydrogens is 262 g/mol. The Balaban J connectivity index is 1.67. The highest BCUT2D eigenvalue weighted by molar-refractivity contribution is 6.04. The highest BCUT2D eigenvalue weighted by Gasteiger charge is 2.10. The van der Waals surface area contributed by atoms with Crippen LogP contribution in [0.2, 0.25) is 0 Å². The number of hydrogen-bond donors (Lipinski definition) is 2. The molecule has 0 saturated carbocycles. The van der Waals surface area contributed by atoms with E-state index in [2.05, 4.69) is 15.6 Å². The van der Waals surface area contributed by atoms with E-state index in [1.807, 2.05) is 60.7 Å². The molecule has 0 atom stereocenters. The van der Waals surface area contributed by atoms with Crippen molar-refractivity contribution >= 4 is 23.6 Å². The van der Waals surface area contributed by atoms with Crippen LogP contribution in [0.5, 0.6) is 0 Å². The number of nitrogens with zero attached hydrogens (tertiary/aromatic N) is 1. The molecule has 4 nitrogen and oxygen atoms in total.